The fourth-order valence-electron chi connectivity index (χ4n) is 2.21. The molecule has 0 radical (unpaired) electrons. The van der Waals surface area contributed by atoms with E-state index < -0.39 is 0 Å². The second-order valence-electron chi connectivity index (χ2n) is 4.70. The van der Waals surface area contributed by atoms with Gasteiger partial charge in [-0.3, -0.25) is 0 Å². The highest BCUT2D eigenvalue weighted by atomic mass is 127. The van der Waals surface area contributed by atoms with Gasteiger partial charge >= 0.3 is 0 Å². The van der Waals surface area contributed by atoms with Gasteiger partial charge in [-0.2, -0.15) is 0 Å². The maximum Gasteiger partial charge on any atom is 0.137 e. The summed E-state index contributed by atoms with van der Waals surface area (Å²) in [5.74, 6) is -0.233. The van der Waals surface area contributed by atoms with Crippen LogP contribution in [0.15, 0.2) is 40.9 Å². The van der Waals surface area contributed by atoms with Gasteiger partial charge < -0.3 is 5.32 Å². The van der Waals surface area contributed by atoms with E-state index in [4.69, 9.17) is 11.6 Å². The molecule has 5 heteroatoms. The lowest BCUT2D eigenvalue weighted by atomic mass is 9.98. The number of hydrogen-bond donors (Lipinski definition) is 1. The van der Waals surface area contributed by atoms with Crippen LogP contribution in [-0.4, -0.2) is 6.54 Å². The van der Waals surface area contributed by atoms with Gasteiger partial charge in [0, 0.05) is 9.61 Å². The molecule has 0 bridgehead atoms. The van der Waals surface area contributed by atoms with E-state index >= 15 is 0 Å². The summed E-state index contributed by atoms with van der Waals surface area (Å²) >= 11 is 11.8. The van der Waals surface area contributed by atoms with E-state index in [1.807, 2.05) is 18.2 Å². The summed E-state index contributed by atoms with van der Waals surface area (Å²) in [6.45, 7) is 2.89. The molecule has 2 aromatic rings. The van der Waals surface area contributed by atoms with E-state index in [1.54, 1.807) is 6.07 Å². The van der Waals surface area contributed by atoms with E-state index in [1.165, 1.54) is 6.07 Å². The second kappa shape index (κ2) is 7.90. The Hall–Kier alpha value is -0.170. The van der Waals surface area contributed by atoms with E-state index in [-0.39, 0.29) is 11.9 Å². The highest BCUT2D eigenvalue weighted by Crippen LogP contribution is 2.28. The average molecular weight is 483 g/mol. The lowest BCUT2D eigenvalue weighted by molar-refractivity contribution is 0.544. The van der Waals surface area contributed by atoms with Crippen molar-refractivity contribution in [3.8, 4) is 0 Å². The standard InChI is InChI=1S/C16H15BrClFIN/c1-2-21-15(10-6-7-14(20)12(18)8-10)9-11-4-3-5-13(19)16(11)17/h3-8,15,21H,2,9H2,1H3. The molecule has 112 valence electrons. The Labute approximate surface area is 151 Å². The SMILES string of the molecule is CCNC(Cc1cccc(F)c1Br)c1ccc(I)c(Cl)c1. The summed E-state index contributed by atoms with van der Waals surface area (Å²) < 4.78 is 15.2. The lowest BCUT2D eigenvalue weighted by Gasteiger charge is -2.20. The van der Waals surface area contributed by atoms with Crippen LogP contribution in [0.25, 0.3) is 0 Å². The molecular formula is C16H15BrClFIN. The summed E-state index contributed by atoms with van der Waals surface area (Å²) in [4.78, 5) is 0. The molecule has 0 spiro atoms. The zero-order valence-corrected chi connectivity index (χ0v) is 16.0. The van der Waals surface area contributed by atoms with Crippen LogP contribution in [0.4, 0.5) is 4.39 Å². The van der Waals surface area contributed by atoms with Crippen LogP contribution in [0.2, 0.25) is 5.02 Å². The van der Waals surface area contributed by atoms with Crippen molar-refractivity contribution in [2.24, 2.45) is 0 Å². The van der Waals surface area contributed by atoms with Crippen LogP contribution in [0, 0.1) is 9.39 Å². The Morgan fingerprint density at radius 3 is 2.76 bits per heavy atom. The van der Waals surface area contributed by atoms with Gasteiger partial charge in [0.1, 0.15) is 5.82 Å². The average Bonchev–Trinajstić information content (AvgIpc) is 2.46. The molecule has 1 atom stereocenters. The largest absolute Gasteiger partial charge is 0.310 e. The summed E-state index contributed by atoms with van der Waals surface area (Å²) in [6, 6.07) is 11.3. The number of rotatable bonds is 5. The van der Waals surface area contributed by atoms with E-state index in [0.29, 0.717) is 10.9 Å². The first-order chi connectivity index (χ1) is 10.0. The van der Waals surface area contributed by atoms with Crippen molar-refractivity contribution < 1.29 is 4.39 Å². The molecule has 2 rings (SSSR count). The van der Waals surface area contributed by atoms with Gasteiger partial charge in [0.05, 0.1) is 9.50 Å². The molecule has 0 aliphatic rings. The summed E-state index contributed by atoms with van der Waals surface area (Å²) in [5, 5.41) is 4.18. The summed E-state index contributed by atoms with van der Waals surface area (Å²) in [7, 11) is 0. The van der Waals surface area contributed by atoms with Gasteiger partial charge in [0.2, 0.25) is 0 Å². The van der Waals surface area contributed by atoms with Crippen LogP contribution in [0.5, 0.6) is 0 Å². The van der Waals surface area contributed by atoms with Crippen molar-refractivity contribution in [1.82, 2.24) is 5.32 Å². The Morgan fingerprint density at radius 1 is 1.33 bits per heavy atom. The number of nitrogens with one attached hydrogen (secondary N) is 1. The van der Waals surface area contributed by atoms with Crippen LogP contribution >= 0.6 is 50.1 Å². The maximum atomic E-state index is 13.6. The van der Waals surface area contributed by atoms with Gasteiger partial charge in [-0.25, -0.2) is 4.39 Å². The lowest BCUT2D eigenvalue weighted by Crippen LogP contribution is -2.23. The molecule has 1 nitrogen and oxygen atoms in total. The van der Waals surface area contributed by atoms with Gasteiger partial charge in [0.25, 0.3) is 0 Å². The predicted octanol–water partition coefficient (Wildman–Crippen LogP) is 5.74. The second-order valence-corrected chi connectivity index (χ2v) is 7.06. The normalized spacial score (nSPS) is 12.4. The minimum absolute atomic E-state index is 0.0996. The molecule has 0 aromatic heterocycles. The summed E-state index contributed by atoms with van der Waals surface area (Å²) in [5.41, 5.74) is 2.05. The monoisotopic (exact) mass is 481 g/mol. The highest BCUT2D eigenvalue weighted by Gasteiger charge is 2.15. The molecule has 0 aliphatic heterocycles. The van der Waals surface area contributed by atoms with Crippen LogP contribution in [-0.2, 0) is 6.42 Å². The molecule has 0 saturated heterocycles. The van der Waals surface area contributed by atoms with Crippen molar-refractivity contribution >= 4 is 50.1 Å². The highest BCUT2D eigenvalue weighted by molar-refractivity contribution is 14.1. The topological polar surface area (TPSA) is 12.0 Å². The third kappa shape index (κ3) is 4.41. The number of likely N-dealkylation sites (N-methyl/N-ethyl adjacent to an activating group) is 1. The fraction of sp³-hybridized carbons (Fsp3) is 0.250. The zero-order valence-electron chi connectivity index (χ0n) is 11.5. The number of halogens is 4. The molecule has 0 fully saturated rings. The first-order valence-corrected chi connectivity index (χ1v) is 8.89. The molecule has 21 heavy (non-hydrogen) atoms. The quantitative estimate of drug-likeness (QED) is 0.536. The van der Waals surface area contributed by atoms with E-state index in [9.17, 15) is 4.39 Å². The van der Waals surface area contributed by atoms with Crippen LogP contribution in [0.3, 0.4) is 0 Å². The van der Waals surface area contributed by atoms with Gasteiger partial charge in [-0.05, 0) is 80.8 Å². The Bertz CT molecular complexity index is 636. The maximum absolute atomic E-state index is 13.6. The third-order valence-electron chi connectivity index (χ3n) is 3.25. The Kier molecular flexibility index (Phi) is 6.47. The summed E-state index contributed by atoms with van der Waals surface area (Å²) in [6.07, 6.45) is 0.698. The van der Waals surface area contributed by atoms with Gasteiger partial charge in [-0.15, -0.1) is 0 Å². The number of hydrogen-bond acceptors (Lipinski definition) is 1. The van der Waals surface area contributed by atoms with Crippen molar-refractivity contribution in [2.45, 2.75) is 19.4 Å². The van der Waals surface area contributed by atoms with E-state index in [0.717, 1.165) is 26.3 Å². The fourth-order valence-corrected chi connectivity index (χ4v) is 3.16. The molecule has 0 saturated carbocycles. The van der Waals surface area contributed by atoms with Crippen molar-refractivity contribution in [3.05, 3.63) is 66.4 Å². The molecule has 0 aliphatic carbocycles. The minimum Gasteiger partial charge on any atom is -0.310 e. The number of benzene rings is 2. The third-order valence-corrected chi connectivity index (χ3v) is 5.71. The molecule has 1 N–H and O–H groups in total. The molecule has 0 amide bonds. The first-order valence-electron chi connectivity index (χ1n) is 6.64. The van der Waals surface area contributed by atoms with Crippen molar-refractivity contribution in [2.75, 3.05) is 6.54 Å². The van der Waals surface area contributed by atoms with Crippen molar-refractivity contribution in [3.63, 3.8) is 0 Å². The molecule has 2 aromatic carbocycles. The van der Waals surface area contributed by atoms with Gasteiger partial charge in [-0.1, -0.05) is 36.7 Å². The molecular weight excluding hydrogens is 467 g/mol. The first kappa shape index (κ1) is 17.2. The van der Waals surface area contributed by atoms with Crippen LogP contribution < -0.4 is 5.32 Å². The zero-order chi connectivity index (χ0) is 15.4. The van der Waals surface area contributed by atoms with Gasteiger partial charge in [0.15, 0.2) is 0 Å². The molecule has 0 heterocycles. The Morgan fingerprint density at radius 2 is 2.10 bits per heavy atom. The van der Waals surface area contributed by atoms with Crippen LogP contribution in [0.1, 0.15) is 24.1 Å². The minimum atomic E-state index is -0.233. The predicted molar refractivity (Wildman–Crippen MR) is 98.4 cm³/mol. The smallest absolute Gasteiger partial charge is 0.137 e. The van der Waals surface area contributed by atoms with Crippen molar-refractivity contribution in [1.29, 1.82) is 0 Å². The molecule has 1 unspecified atom stereocenters. The Balaban J connectivity index is 2.30. The van der Waals surface area contributed by atoms with E-state index in [2.05, 4.69) is 56.8 Å².